The fraction of sp³-hybridized carbons (Fsp3) is 0.562. The highest BCUT2D eigenvalue weighted by atomic mass is 16.5. The summed E-state index contributed by atoms with van der Waals surface area (Å²) in [7, 11) is 0. The van der Waals surface area contributed by atoms with Crippen molar-refractivity contribution in [2.45, 2.75) is 45.8 Å². The molecule has 2 atom stereocenters. The molecular weight excluding hydrogens is 254 g/mol. The molecule has 1 fully saturated rings. The maximum atomic E-state index is 11.6. The number of aryl methyl sites for hydroxylation is 3. The quantitative estimate of drug-likeness (QED) is 0.868. The Labute approximate surface area is 120 Å². The molecule has 1 heterocycles. The van der Waals surface area contributed by atoms with Gasteiger partial charge in [0.15, 0.2) is 0 Å². The standard InChI is InChI=1S/C16H23NO3/c1-10-7-11(2)14(12(3)8-10)15(16(18)19)17-9-13-5-4-6-20-13/h7-8,13,15,17H,4-6,9H2,1-3H3,(H,18,19). The lowest BCUT2D eigenvalue weighted by atomic mass is 9.94. The van der Waals surface area contributed by atoms with Crippen molar-refractivity contribution in [1.82, 2.24) is 5.32 Å². The number of hydrogen-bond donors (Lipinski definition) is 2. The van der Waals surface area contributed by atoms with Crippen LogP contribution < -0.4 is 5.32 Å². The minimum Gasteiger partial charge on any atom is -0.480 e. The molecule has 0 spiro atoms. The highest BCUT2D eigenvalue weighted by Crippen LogP contribution is 2.24. The third kappa shape index (κ3) is 3.38. The first-order valence-corrected chi connectivity index (χ1v) is 7.14. The molecule has 0 radical (unpaired) electrons. The fourth-order valence-electron chi connectivity index (χ4n) is 3.01. The molecule has 2 rings (SSSR count). The predicted molar refractivity (Wildman–Crippen MR) is 78.0 cm³/mol. The van der Waals surface area contributed by atoms with Gasteiger partial charge < -0.3 is 9.84 Å². The second-order valence-corrected chi connectivity index (χ2v) is 5.63. The first-order valence-electron chi connectivity index (χ1n) is 7.14. The van der Waals surface area contributed by atoms with Crippen LogP contribution in [0, 0.1) is 20.8 Å². The Hall–Kier alpha value is -1.39. The molecule has 0 aliphatic carbocycles. The highest BCUT2D eigenvalue weighted by Gasteiger charge is 2.25. The minimum atomic E-state index is -0.835. The van der Waals surface area contributed by atoms with Gasteiger partial charge in [-0.3, -0.25) is 10.1 Å². The zero-order chi connectivity index (χ0) is 14.7. The van der Waals surface area contributed by atoms with E-state index in [1.165, 1.54) is 0 Å². The van der Waals surface area contributed by atoms with Gasteiger partial charge in [0.25, 0.3) is 0 Å². The topological polar surface area (TPSA) is 58.6 Å². The minimum absolute atomic E-state index is 0.142. The van der Waals surface area contributed by atoms with Crippen molar-refractivity contribution in [3.63, 3.8) is 0 Å². The number of carboxylic acid groups (broad SMARTS) is 1. The highest BCUT2D eigenvalue weighted by molar-refractivity contribution is 5.76. The van der Waals surface area contributed by atoms with Crippen LogP contribution in [0.1, 0.15) is 41.1 Å². The number of rotatable bonds is 5. The lowest BCUT2D eigenvalue weighted by Crippen LogP contribution is -2.35. The second-order valence-electron chi connectivity index (χ2n) is 5.63. The SMILES string of the molecule is Cc1cc(C)c(C(NCC2CCCO2)C(=O)O)c(C)c1. The Balaban J connectivity index is 2.17. The van der Waals surface area contributed by atoms with Gasteiger partial charge in [-0.25, -0.2) is 0 Å². The van der Waals surface area contributed by atoms with Gasteiger partial charge in [-0.05, 0) is 50.3 Å². The molecule has 4 nitrogen and oxygen atoms in total. The molecule has 2 N–H and O–H groups in total. The molecule has 0 aromatic heterocycles. The summed E-state index contributed by atoms with van der Waals surface area (Å²) in [6.07, 6.45) is 2.21. The van der Waals surface area contributed by atoms with Crippen LogP contribution in [0.25, 0.3) is 0 Å². The number of hydrogen-bond acceptors (Lipinski definition) is 3. The summed E-state index contributed by atoms with van der Waals surface area (Å²) in [6.45, 7) is 7.34. The summed E-state index contributed by atoms with van der Waals surface area (Å²) in [5.41, 5.74) is 4.08. The Morgan fingerprint density at radius 2 is 2.05 bits per heavy atom. The molecule has 110 valence electrons. The van der Waals surface area contributed by atoms with Gasteiger partial charge in [0.2, 0.25) is 0 Å². The van der Waals surface area contributed by atoms with Crippen molar-refractivity contribution in [2.24, 2.45) is 0 Å². The summed E-state index contributed by atoms with van der Waals surface area (Å²) < 4.78 is 5.54. The molecule has 20 heavy (non-hydrogen) atoms. The molecule has 1 saturated heterocycles. The molecule has 1 aliphatic rings. The van der Waals surface area contributed by atoms with Gasteiger partial charge in [-0.15, -0.1) is 0 Å². The largest absolute Gasteiger partial charge is 0.480 e. The van der Waals surface area contributed by atoms with Crippen LogP contribution >= 0.6 is 0 Å². The first kappa shape index (κ1) is 15.0. The Kier molecular flexibility index (Phi) is 4.78. The molecule has 0 amide bonds. The van der Waals surface area contributed by atoms with Crippen LogP contribution in [0.3, 0.4) is 0 Å². The van der Waals surface area contributed by atoms with Crippen molar-refractivity contribution in [3.05, 3.63) is 34.4 Å². The van der Waals surface area contributed by atoms with Gasteiger partial charge >= 0.3 is 5.97 Å². The van der Waals surface area contributed by atoms with E-state index in [-0.39, 0.29) is 6.10 Å². The normalized spacial score (nSPS) is 20.1. The average molecular weight is 277 g/mol. The zero-order valence-corrected chi connectivity index (χ0v) is 12.4. The molecule has 2 unspecified atom stereocenters. The molecule has 1 aromatic rings. The number of carboxylic acids is 1. The van der Waals surface area contributed by atoms with E-state index in [0.29, 0.717) is 6.54 Å². The van der Waals surface area contributed by atoms with Crippen molar-refractivity contribution >= 4 is 5.97 Å². The fourth-order valence-corrected chi connectivity index (χ4v) is 3.01. The molecule has 0 saturated carbocycles. The second kappa shape index (κ2) is 6.37. The zero-order valence-electron chi connectivity index (χ0n) is 12.4. The van der Waals surface area contributed by atoms with Gasteiger partial charge in [0.1, 0.15) is 6.04 Å². The lowest BCUT2D eigenvalue weighted by molar-refractivity contribution is -0.139. The van der Waals surface area contributed by atoms with Crippen molar-refractivity contribution in [2.75, 3.05) is 13.2 Å². The van der Waals surface area contributed by atoms with Gasteiger partial charge in [-0.1, -0.05) is 17.7 Å². The number of carbonyl (C=O) groups is 1. The number of nitrogens with one attached hydrogen (secondary N) is 1. The summed E-state index contributed by atoms with van der Waals surface area (Å²) in [6, 6.07) is 3.40. The van der Waals surface area contributed by atoms with Gasteiger partial charge in [0.05, 0.1) is 6.10 Å². The van der Waals surface area contributed by atoms with Gasteiger partial charge in [0, 0.05) is 13.2 Å². The predicted octanol–water partition coefficient (Wildman–Crippen LogP) is 2.51. The van der Waals surface area contributed by atoms with Gasteiger partial charge in [-0.2, -0.15) is 0 Å². The average Bonchev–Trinajstić information content (AvgIpc) is 2.84. The van der Waals surface area contributed by atoms with E-state index in [1.54, 1.807) is 0 Å². The van der Waals surface area contributed by atoms with E-state index in [0.717, 1.165) is 41.7 Å². The van der Waals surface area contributed by atoms with Crippen LogP contribution in [-0.4, -0.2) is 30.3 Å². The van der Waals surface area contributed by atoms with Crippen LogP contribution in [-0.2, 0) is 9.53 Å². The summed E-state index contributed by atoms with van der Waals surface area (Å²) in [5.74, 6) is -0.835. The third-order valence-electron chi connectivity index (χ3n) is 3.85. The Morgan fingerprint density at radius 3 is 2.55 bits per heavy atom. The van der Waals surface area contributed by atoms with Crippen molar-refractivity contribution in [1.29, 1.82) is 0 Å². The summed E-state index contributed by atoms with van der Waals surface area (Å²) >= 11 is 0. The number of benzene rings is 1. The van der Waals surface area contributed by atoms with Crippen LogP contribution in [0.5, 0.6) is 0 Å². The van der Waals surface area contributed by atoms with E-state index in [4.69, 9.17) is 4.74 Å². The summed E-state index contributed by atoms with van der Waals surface area (Å²) in [4.78, 5) is 11.6. The molecule has 4 heteroatoms. The lowest BCUT2D eigenvalue weighted by Gasteiger charge is -2.21. The first-order chi connectivity index (χ1) is 9.49. The monoisotopic (exact) mass is 277 g/mol. The number of ether oxygens (including phenoxy) is 1. The molecule has 1 aliphatic heterocycles. The third-order valence-corrected chi connectivity index (χ3v) is 3.85. The van der Waals surface area contributed by atoms with Crippen LogP contribution in [0.4, 0.5) is 0 Å². The Bertz CT molecular complexity index is 469. The maximum Gasteiger partial charge on any atom is 0.325 e. The van der Waals surface area contributed by atoms with E-state index in [2.05, 4.69) is 5.32 Å². The van der Waals surface area contributed by atoms with E-state index in [9.17, 15) is 9.90 Å². The van der Waals surface area contributed by atoms with Crippen LogP contribution in [0.15, 0.2) is 12.1 Å². The molecular formula is C16H23NO3. The molecule has 1 aromatic carbocycles. The molecule has 0 bridgehead atoms. The van der Waals surface area contributed by atoms with E-state index in [1.807, 2.05) is 32.9 Å². The smallest absolute Gasteiger partial charge is 0.325 e. The summed E-state index contributed by atoms with van der Waals surface area (Å²) in [5, 5.41) is 12.7. The Morgan fingerprint density at radius 1 is 1.40 bits per heavy atom. The van der Waals surface area contributed by atoms with E-state index < -0.39 is 12.0 Å². The number of aliphatic carboxylic acids is 1. The van der Waals surface area contributed by atoms with Crippen molar-refractivity contribution < 1.29 is 14.6 Å². The van der Waals surface area contributed by atoms with Crippen LogP contribution in [0.2, 0.25) is 0 Å². The van der Waals surface area contributed by atoms with E-state index >= 15 is 0 Å². The maximum absolute atomic E-state index is 11.6. The van der Waals surface area contributed by atoms with Crippen molar-refractivity contribution in [3.8, 4) is 0 Å².